The summed E-state index contributed by atoms with van der Waals surface area (Å²) in [7, 11) is 0. The van der Waals surface area contributed by atoms with Crippen LogP contribution in [0.3, 0.4) is 0 Å². The van der Waals surface area contributed by atoms with E-state index >= 15 is 0 Å². The Kier molecular flexibility index (Phi) is 4.84. The molecule has 2 aromatic rings. The number of anilines is 1. The molecule has 0 amide bonds. The van der Waals surface area contributed by atoms with Gasteiger partial charge >= 0.3 is 6.01 Å². The number of ether oxygens (including phenoxy) is 1. The molecular formula is C13H20ClN3O. The molecule has 0 spiro atoms. The second-order valence-electron chi connectivity index (χ2n) is 3.92. The SMILES string of the molecule is CCOc1n(CC)c2cccc(N)c2[n+]1CC.[Cl-]. The monoisotopic (exact) mass is 269 g/mol. The molecule has 0 saturated carbocycles. The topological polar surface area (TPSA) is 44.1 Å². The van der Waals surface area contributed by atoms with E-state index in [1.807, 2.05) is 19.1 Å². The lowest BCUT2D eigenvalue weighted by Gasteiger charge is -2.01. The third-order valence-electron chi connectivity index (χ3n) is 2.97. The Hall–Kier alpha value is -1.42. The number of hydrogen-bond acceptors (Lipinski definition) is 2. The maximum atomic E-state index is 6.08. The van der Waals surface area contributed by atoms with E-state index in [4.69, 9.17) is 10.5 Å². The summed E-state index contributed by atoms with van der Waals surface area (Å²) in [6, 6.07) is 6.90. The number of aryl methyl sites for hydroxylation is 2. The summed E-state index contributed by atoms with van der Waals surface area (Å²) in [5.41, 5.74) is 9.09. The van der Waals surface area contributed by atoms with Gasteiger partial charge in [0.25, 0.3) is 0 Å². The second kappa shape index (κ2) is 5.96. The van der Waals surface area contributed by atoms with Crippen LogP contribution in [0.4, 0.5) is 5.69 Å². The largest absolute Gasteiger partial charge is 1.00 e. The van der Waals surface area contributed by atoms with E-state index in [0.717, 1.165) is 35.8 Å². The zero-order chi connectivity index (χ0) is 12.4. The molecule has 0 aliphatic heterocycles. The van der Waals surface area contributed by atoms with E-state index in [2.05, 4.69) is 29.0 Å². The van der Waals surface area contributed by atoms with E-state index in [9.17, 15) is 0 Å². The van der Waals surface area contributed by atoms with Crippen molar-refractivity contribution in [3.8, 4) is 6.01 Å². The molecule has 5 heteroatoms. The number of benzene rings is 1. The Morgan fingerprint density at radius 1 is 1.28 bits per heavy atom. The molecule has 1 aromatic heterocycles. The lowest BCUT2D eigenvalue weighted by atomic mass is 10.2. The van der Waals surface area contributed by atoms with Crippen LogP contribution in [-0.4, -0.2) is 11.2 Å². The lowest BCUT2D eigenvalue weighted by molar-refractivity contribution is -0.674. The Labute approximate surface area is 114 Å². The van der Waals surface area contributed by atoms with Gasteiger partial charge in [0.2, 0.25) is 0 Å². The van der Waals surface area contributed by atoms with Crippen molar-refractivity contribution < 1.29 is 21.7 Å². The van der Waals surface area contributed by atoms with Crippen LogP contribution >= 0.6 is 0 Å². The third kappa shape index (κ3) is 2.12. The Morgan fingerprint density at radius 3 is 2.56 bits per heavy atom. The minimum Gasteiger partial charge on any atom is -1.00 e. The number of hydrogen-bond donors (Lipinski definition) is 1. The molecule has 0 radical (unpaired) electrons. The van der Waals surface area contributed by atoms with Crippen molar-refractivity contribution in [2.45, 2.75) is 33.9 Å². The van der Waals surface area contributed by atoms with Crippen LogP contribution < -0.4 is 27.4 Å². The number of nitrogens with two attached hydrogens (primary N) is 1. The van der Waals surface area contributed by atoms with Gasteiger partial charge in [0.1, 0.15) is 0 Å². The standard InChI is InChI=1S/C13H20N3O.ClH/c1-4-15-11-9-7-8-10(14)12(11)16(5-2)13(15)17-6-3;/h7-9H,4-6,14H2,1-3H3;1H/q+1;/p-1. The van der Waals surface area contributed by atoms with Gasteiger partial charge in [-0.3, -0.25) is 0 Å². The quantitative estimate of drug-likeness (QED) is 0.569. The van der Waals surface area contributed by atoms with Gasteiger partial charge < -0.3 is 22.9 Å². The molecule has 4 nitrogen and oxygen atoms in total. The van der Waals surface area contributed by atoms with E-state index < -0.39 is 0 Å². The number of para-hydroxylation sites is 1. The number of rotatable bonds is 4. The van der Waals surface area contributed by atoms with Crippen molar-refractivity contribution in [3.63, 3.8) is 0 Å². The molecule has 0 unspecified atom stereocenters. The summed E-state index contributed by atoms with van der Waals surface area (Å²) in [4.78, 5) is 0. The highest BCUT2D eigenvalue weighted by atomic mass is 35.5. The Bertz CT molecular complexity index is 537. The predicted octanol–water partition coefficient (Wildman–Crippen LogP) is -1.05. The van der Waals surface area contributed by atoms with Crippen LogP contribution in [0.5, 0.6) is 6.01 Å². The van der Waals surface area contributed by atoms with E-state index in [1.165, 1.54) is 0 Å². The first-order chi connectivity index (χ1) is 8.24. The summed E-state index contributed by atoms with van der Waals surface area (Å²) in [5, 5.41) is 0. The summed E-state index contributed by atoms with van der Waals surface area (Å²) in [6.07, 6.45) is 0. The minimum atomic E-state index is 0. The van der Waals surface area contributed by atoms with Crippen molar-refractivity contribution in [2.24, 2.45) is 0 Å². The fourth-order valence-corrected chi connectivity index (χ4v) is 2.29. The number of imidazole rings is 1. The van der Waals surface area contributed by atoms with Crippen molar-refractivity contribution in [1.82, 2.24) is 4.57 Å². The number of nitrogen functional groups attached to an aromatic ring is 1. The predicted molar refractivity (Wildman–Crippen MR) is 69.1 cm³/mol. The van der Waals surface area contributed by atoms with Gasteiger partial charge in [-0.05, 0) is 32.9 Å². The highest BCUT2D eigenvalue weighted by Crippen LogP contribution is 2.24. The van der Waals surface area contributed by atoms with Gasteiger partial charge in [-0.1, -0.05) is 6.07 Å². The maximum Gasteiger partial charge on any atom is 0.457 e. The van der Waals surface area contributed by atoms with Gasteiger partial charge in [0.15, 0.2) is 11.0 Å². The molecular weight excluding hydrogens is 250 g/mol. The van der Waals surface area contributed by atoms with Gasteiger partial charge in [0.05, 0.1) is 25.4 Å². The molecule has 0 aliphatic carbocycles. The van der Waals surface area contributed by atoms with E-state index in [0.29, 0.717) is 6.61 Å². The van der Waals surface area contributed by atoms with Crippen molar-refractivity contribution in [1.29, 1.82) is 0 Å². The van der Waals surface area contributed by atoms with E-state index in [-0.39, 0.29) is 12.4 Å². The van der Waals surface area contributed by atoms with Gasteiger partial charge in [0, 0.05) is 0 Å². The van der Waals surface area contributed by atoms with Crippen LogP contribution in [0.25, 0.3) is 11.0 Å². The fourth-order valence-electron chi connectivity index (χ4n) is 2.29. The number of aromatic nitrogens is 2. The number of nitrogens with zero attached hydrogens (tertiary/aromatic N) is 2. The lowest BCUT2D eigenvalue weighted by Crippen LogP contribution is -3.00. The van der Waals surface area contributed by atoms with Gasteiger partial charge in [-0.25, -0.2) is 0 Å². The third-order valence-corrected chi connectivity index (χ3v) is 2.97. The summed E-state index contributed by atoms with van der Waals surface area (Å²) in [5.74, 6) is 0. The summed E-state index contributed by atoms with van der Waals surface area (Å²) in [6.45, 7) is 8.62. The summed E-state index contributed by atoms with van der Waals surface area (Å²) >= 11 is 0. The molecule has 0 aliphatic rings. The van der Waals surface area contributed by atoms with Crippen molar-refractivity contribution in [3.05, 3.63) is 18.2 Å². The van der Waals surface area contributed by atoms with Crippen LogP contribution in [0.15, 0.2) is 18.2 Å². The van der Waals surface area contributed by atoms with Crippen LogP contribution in [0, 0.1) is 0 Å². The molecule has 0 atom stereocenters. The molecule has 0 fully saturated rings. The molecule has 0 saturated heterocycles. The molecule has 0 bridgehead atoms. The molecule has 1 aromatic carbocycles. The highest BCUT2D eigenvalue weighted by molar-refractivity contribution is 5.84. The fraction of sp³-hybridized carbons (Fsp3) is 0.462. The molecule has 18 heavy (non-hydrogen) atoms. The first kappa shape index (κ1) is 14.6. The Morgan fingerprint density at radius 2 is 2.00 bits per heavy atom. The average Bonchev–Trinajstić information content (AvgIpc) is 2.64. The smallest absolute Gasteiger partial charge is 0.457 e. The minimum absolute atomic E-state index is 0. The van der Waals surface area contributed by atoms with Crippen molar-refractivity contribution in [2.75, 3.05) is 12.3 Å². The van der Waals surface area contributed by atoms with Crippen LogP contribution in [-0.2, 0) is 13.1 Å². The molecule has 2 N–H and O–H groups in total. The number of fused-ring (bicyclic) bond motifs is 1. The normalized spacial score (nSPS) is 10.4. The first-order valence-corrected chi connectivity index (χ1v) is 6.17. The molecule has 100 valence electrons. The zero-order valence-electron chi connectivity index (χ0n) is 11.1. The zero-order valence-corrected chi connectivity index (χ0v) is 11.9. The second-order valence-corrected chi connectivity index (χ2v) is 3.92. The summed E-state index contributed by atoms with van der Waals surface area (Å²) < 4.78 is 10.1. The maximum absolute atomic E-state index is 6.08. The molecule has 2 rings (SSSR count). The Balaban J connectivity index is 0.00000162. The van der Waals surface area contributed by atoms with Crippen LogP contribution in [0.2, 0.25) is 0 Å². The first-order valence-electron chi connectivity index (χ1n) is 6.17. The highest BCUT2D eigenvalue weighted by Gasteiger charge is 2.25. The van der Waals surface area contributed by atoms with Gasteiger partial charge in [-0.15, -0.1) is 0 Å². The average molecular weight is 270 g/mol. The van der Waals surface area contributed by atoms with E-state index in [1.54, 1.807) is 0 Å². The van der Waals surface area contributed by atoms with Crippen molar-refractivity contribution >= 4 is 16.7 Å². The van der Waals surface area contributed by atoms with Crippen LogP contribution in [0.1, 0.15) is 20.8 Å². The number of halogens is 1. The molecule has 1 heterocycles. The van der Waals surface area contributed by atoms with Gasteiger partial charge in [-0.2, -0.15) is 9.13 Å².